The Morgan fingerprint density at radius 1 is 1.24 bits per heavy atom. The van der Waals surface area contributed by atoms with Crippen molar-refractivity contribution in [1.29, 1.82) is 0 Å². The SMILES string of the molecule is CN=C(NCC(C)Oc1ccccc1C)N1CCC(OCC2CCCCO2)CC1. The number of ether oxygens (including phenoxy) is 3. The molecule has 2 aliphatic heterocycles. The molecule has 162 valence electrons. The molecule has 0 aromatic heterocycles. The van der Waals surface area contributed by atoms with E-state index in [-0.39, 0.29) is 6.10 Å². The van der Waals surface area contributed by atoms with E-state index in [0.29, 0.717) is 12.2 Å². The minimum atomic E-state index is 0.0595. The van der Waals surface area contributed by atoms with Crippen LogP contribution in [0.15, 0.2) is 29.3 Å². The molecule has 0 aliphatic carbocycles. The summed E-state index contributed by atoms with van der Waals surface area (Å²) in [4.78, 5) is 6.78. The van der Waals surface area contributed by atoms with Crippen molar-refractivity contribution in [3.05, 3.63) is 29.8 Å². The summed E-state index contributed by atoms with van der Waals surface area (Å²) in [6, 6.07) is 8.13. The first kappa shape index (κ1) is 21.9. The van der Waals surface area contributed by atoms with Gasteiger partial charge in [0, 0.05) is 26.7 Å². The standard InChI is InChI=1S/C23H37N3O3/c1-18-8-4-5-10-22(18)29-19(2)16-25-23(24-3)26-13-11-20(12-14-26)28-17-21-9-6-7-15-27-21/h4-5,8,10,19-21H,6-7,9,11-17H2,1-3H3,(H,24,25). The lowest BCUT2D eigenvalue weighted by Gasteiger charge is -2.35. The lowest BCUT2D eigenvalue weighted by atomic mass is 10.1. The van der Waals surface area contributed by atoms with Crippen LogP contribution in [-0.4, -0.2) is 69.1 Å². The summed E-state index contributed by atoms with van der Waals surface area (Å²) in [5.74, 6) is 1.89. The molecule has 3 rings (SSSR count). The van der Waals surface area contributed by atoms with Gasteiger partial charge < -0.3 is 24.4 Å². The number of hydrogen-bond acceptors (Lipinski definition) is 4. The lowest BCUT2D eigenvalue weighted by Crippen LogP contribution is -2.49. The number of aliphatic imine (C=N–C) groups is 1. The van der Waals surface area contributed by atoms with Crippen LogP contribution in [0.5, 0.6) is 5.75 Å². The maximum atomic E-state index is 6.13. The average Bonchev–Trinajstić information content (AvgIpc) is 2.76. The van der Waals surface area contributed by atoms with E-state index in [9.17, 15) is 0 Å². The Bertz CT molecular complexity index is 638. The molecule has 0 amide bonds. The highest BCUT2D eigenvalue weighted by atomic mass is 16.5. The zero-order valence-electron chi connectivity index (χ0n) is 18.2. The molecule has 1 aromatic carbocycles. The van der Waals surface area contributed by atoms with Gasteiger partial charge in [-0.3, -0.25) is 4.99 Å². The van der Waals surface area contributed by atoms with E-state index in [2.05, 4.69) is 35.1 Å². The number of nitrogens with one attached hydrogen (secondary N) is 1. The van der Waals surface area contributed by atoms with Gasteiger partial charge in [-0.1, -0.05) is 18.2 Å². The van der Waals surface area contributed by atoms with E-state index in [1.54, 1.807) is 0 Å². The van der Waals surface area contributed by atoms with E-state index in [1.165, 1.54) is 12.8 Å². The maximum absolute atomic E-state index is 6.13. The van der Waals surface area contributed by atoms with Gasteiger partial charge >= 0.3 is 0 Å². The highest BCUT2D eigenvalue weighted by Gasteiger charge is 2.24. The number of para-hydroxylation sites is 1. The third-order valence-corrected chi connectivity index (χ3v) is 5.71. The molecule has 2 saturated heterocycles. The van der Waals surface area contributed by atoms with Crippen LogP contribution < -0.4 is 10.1 Å². The Hall–Kier alpha value is -1.79. The van der Waals surface area contributed by atoms with E-state index in [1.807, 2.05) is 25.2 Å². The number of hydrogen-bond donors (Lipinski definition) is 1. The molecule has 2 heterocycles. The van der Waals surface area contributed by atoms with E-state index in [0.717, 1.165) is 69.4 Å². The quantitative estimate of drug-likeness (QED) is 0.559. The van der Waals surface area contributed by atoms with Crippen molar-refractivity contribution < 1.29 is 14.2 Å². The summed E-state index contributed by atoms with van der Waals surface area (Å²) in [7, 11) is 1.85. The van der Waals surface area contributed by atoms with Gasteiger partial charge in [-0.25, -0.2) is 0 Å². The molecule has 1 N–H and O–H groups in total. The van der Waals surface area contributed by atoms with E-state index >= 15 is 0 Å². The molecular formula is C23H37N3O3. The lowest BCUT2D eigenvalue weighted by molar-refractivity contribution is -0.0721. The summed E-state index contributed by atoms with van der Waals surface area (Å²) < 4.78 is 18.0. The fourth-order valence-corrected chi connectivity index (χ4v) is 3.93. The number of guanidine groups is 1. The summed E-state index contributed by atoms with van der Waals surface area (Å²) in [5, 5.41) is 3.47. The Kier molecular flexibility index (Phi) is 8.62. The summed E-state index contributed by atoms with van der Waals surface area (Å²) >= 11 is 0. The van der Waals surface area contributed by atoms with Gasteiger partial charge in [0.15, 0.2) is 5.96 Å². The van der Waals surface area contributed by atoms with Gasteiger partial charge in [-0.2, -0.15) is 0 Å². The van der Waals surface area contributed by atoms with Crippen molar-refractivity contribution in [3.63, 3.8) is 0 Å². The van der Waals surface area contributed by atoms with Crippen LogP contribution in [0.4, 0.5) is 0 Å². The third-order valence-electron chi connectivity index (χ3n) is 5.71. The van der Waals surface area contributed by atoms with Gasteiger partial charge in [-0.15, -0.1) is 0 Å². The predicted molar refractivity (Wildman–Crippen MR) is 117 cm³/mol. The Balaban J connectivity index is 1.36. The number of piperidine rings is 1. The molecule has 2 unspecified atom stereocenters. The van der Waals surface area contributed by atoms with Gasteiger partial charge in [0.2, 0.25) is 0 Å². The molecule has 0 saturated carbocycles. The van der Waals surface area contributed by atoms with E-state index < -0.39 is 0 Å². The molecule has 1 aromatic rings. The fraction of sp³-hybridized carbons (Fsp3) is 0.696. The van der Waals surface area contributed by atoms with Crippen LogP contribution in [0.3, 0.4) is 0 Å². The van der Waals surface area contributed by atoms with Crippen molar-refractivity contribution in [1.82, 2.24) is 10.2 Å². The summed E-state index contributed by atoms with van der Waals surface area (Å²) in [6.07, 6.45) is 6.34. The topological polar surface area (TPSA) is 55.3 Å². The Morgan fingerprint density at radius 2 is 2.03 bits per heavy atom. The predicted octanol–water partition coefficient (Wildman–Crippen LogP) is 3.39. The third kappa shape index (κ3) is 6.89. The number of likely N-dealkylation sites (tertiary alicyclic amines) is 1. The van der Waals surface area contributed by atoms with Crippen LogP contribution in [0.1, 0.15) is 44.6 Å². The molecule has 6 nitrogen and oxygen atoms in total. The van der Waals surface area contributed by atoms with Crippen molar-refractivity contribution >= 4 is 5.96 Å². The number of aryl methyl sites for hydroxylation is 1. The highest BCUT2D eigenvalue weighted by Crippen LogP contribution is 2.19. The molecule has 0 bridgehead atoms. The molecule has 2 fully saturated rings. The second-order valence-corrected chi connectivity index (χ2v) is 8.13. The first-order chi connectivity index (χ1) is 14.2. The van der Waals surface area contributed by atoms with Crippen LogP contribution >= 0.6 is 0 Å². The van der Waals surface area contributed by atoms with E-state index in [4.69, 9.17) is 14.2 Å². The monoisotopic (exact) mass is 403 g/mol. The molecular weight excluding hydrogens is 366 g/mol. The van der Waals surface area contributed by atoms with Gasteiger partial charge in [-0.05, 0) is 57.6 Å². The first-order valence-corrected chi connectivity index (χ1v) is 11.1. The second kappa shape index (κ2) is 11.4. The van der Waals surface area contributed by atoms with Crippen molar-refractivity contribution in [2.45, 2.75) is 64.3 Å². The molecule has 2 aliphatic rings. The minimum Gasteiger partial charge on any atom is -0.489 e. The fourth-order valence-electron chi connectivity index (χ4n) is 3.93. The number of nitrogens with zero attached hydrogens (tertiary/aromatic N) is 2. The van der Waals surface area contributed by atoms with Crippen molar-refractivity contribution in [2.24, 2.45) is 4.99 Å². The maximum Gasteiger partial charge on any atom is 0.193 e. The number of benzene rings is 1. The Labute approximate surface area is 175 Å². The highest BCUT2D eigenvalue weighted by molar-refractivity contribution is 5.80. The second-order valence-electron chi connectivity index (χ2n) is 8.13. The van der Waals surface area contributed by atoms with Crippen LogP contribution in [0, 0.1) is 6.92 Å². The zero-order chi connectivity index (χ0) is 20.5. The molecule has 2 atom stereocenters. The van der Waals surface area contributed by atoms with Crippen molar-refractivity contribution in [2.75, 3.05) is 39.9 Å². The van der Waals surface area contributed by atoms with Crippen molar-refractivity contribution in [3.8, 4) is 5.75 Å². The number of rotatable bonds is 7. The summed E-state index contributed by atoms with van der Waals surface area (Å²) in [5.41, 5.74) is 1.16. The molecule has 29 heavy (non-hydrogen) atoms. The van der Waals surface area contributed by atoms with Crippen LogP contribution in [-0.2, 0) is 9.47 Å². The first-order valence-electron chi connectivity index (χ1n) is 11.1. The van der Waals surface area contributed by atoms with Gasteiger partial charge in [0.25, 0.3) is 0 Å². The molecule has 6 heteroatoms. The van der Waals surface area contributed by atoms with Crippen LogP contribution in [0.2, 0.25) is 0 Å². The molecule has 0 spiro atoms. The minimum absolute atomic E-state index is 0.0595. The normalized spacial score (nSPS) is 22.4. The smallest absolute Gasteiger partial charge is 0.193 e. The summed E-state index contributed by atoms with van der Waals surface area (Å²) in [6.45, 7) is 8.43. The average molecular weight is 404 g/mol. The van der Waals surface area contributed by atoms with Gasteiger partial charge in [0.1, 0.15) is 11.9 Å². The largest absolute Gasteiger partial charge is 0.489 e. The molecule has 0 radical (unpaired) electrons. The Morgan fingerprint density at radius 3 is 2.72 bits per heavy atom. The zero-order valence-corrected chi connectivity index (χ0v) is 18.2. The van der Waals surface area contributed by atoms with Crippen LogP contribution in [0.25, 0.3) is 0 Å². The van der Waals surface area contributed by atoms with Gasteiger partial charge in [0.05, 0.1) is 25.4 Å².